The summed E-state index contributed by atoms with van der Waals surface area (Å²) in [7, 11) is 0. The van der Waals surface area contributed by atoms with Crippen LogP contribution in [0.25, 0.3) is 0 Å². The largest absolute Gasteiger partial charge is 0.344 e. The smallest absolute Gasteiger partial charge is 0.123 e. The molecule has 0 saturated heterocycles. The van der Waals surface area contributed by atoms with Gasteiger partial charge in [0, 0.05) is 11.6 Å². The van der Waals surface area contributed by atoms with Gasteiger partial charge in [0.1, 0.15) is 5.82 Å². The number of nitrogens with one attached hydrogen (secondary N) is 1. The Bertz CT molecular complexity index is 341. The van der Waals surface area contributed by atoms with Crippen molar-refractivity contribution in [1.29, 1.82) is 0 Å². The molecule has 2 atom stereocenters. The summed E-state index contributed by atoms with van der Waals surface area (Å²) < 4.78 is 0. The fourth-order valence-electron chi connectivity index (χ4n) is 2.30. The van der Waals surface area contributed by atoms with Crippen molar-refractivity contribution in [3.8, 4) is 0 Å². The molecule has 1 aliphatic rings. The van der Waals surface area contributed by atoms with Crippen molar-refractivity contribution >= 4 is 0 Å². The van der Waals surface area contributed by atoms with Crippen LogP contribution in [0.4, 0.5) is 0 Å². The van der Waals surface area contributed by atoms with Crippen molar-refractivity contribution in [2.24, 2.45) is 11.7 Å². The number of aromatic amines is 1. The molecule has 1 aromatic rings. The standard InChI is InChI=1S/C12H21N3/c1-4-8-5-6-9-11(8)15-12(14-9)10(13)7(2)3/h7-8,10H,4-6,13H2,1-3H3,(H,14,15). The van der Waals surface area contributed by atoms with E-state index in [1.54, 1.807) is 0 Å². The maximum absolute atomic E-state index is 6.09. The van der Waals surface area contributed by atoms with Crippen LogP contribution in [0.3, 0.4) is 0 Å². The van der Waals surface area contributed by atoms with E-state index < -0.39 is 0 Å². The Morgan fingerprint density at radius 3 is 2.87 bits per heavy atom. The van der Waals surface area contributed by atoms with Crippen LogP contribution in [0.5, 0.6) is 0 Å². The second kappa shape index (κ2) is 3.97. The Balaban J connectivity index is 2.24. The second-order valence-corrected chi connectivity index (χ2v) is 4.90. The van der Waals surface area contributed by atoms with E-state index in [0.717, 1.165) is 12.2 Å². The molecular weight excluding hydrogens is 186 g/mol. The molecule has 0 radical (unpaired) electrons. The number of aromatic nitrogens is 2. The Morgan fingerprint density at radius 1 is 1.53 bits per heavy atom. The van der Waals surface area contributed by atoms with Gasteiger partial charge in [0.15, 0.2) is 0 Å². The zero-order valence-electron chi connectivity index (χ0n) is 9.88. The summed E-state index contributed by atoms with van der Waals surface area (Å²) in [5, 5.41) is 0. The highest BCUT2D eigenvalue weighted by Gasteiger charge is 2.27. The Morgan fingerprint density at radius 2 is 2.27 bits per heavy atom. The third-order valence-electron chi connectivity index (χ3n) is 3.49. The van der Waals surface area contributed by atoms with Crippen molar-refractivity contribution in [3.05, 3.63) is 17.2 Å². The minimum atomic E-state index is 0.0492. The van der Waals surface area contributed by atoms with E-state index in [4.69, 9.17) is 5.73 Å². The van der Waals surface area contributed by atoms with Crippen LogP contribution in [0.1, 0.15) is 62.8 Å². The lowest BCUT2D eigenvalue weighted by molar-refractivity contribution is 0.489. The number of fused-ring (bicyclic) bond motifs is 1. The minimum absolute atomic E-state index is 0.0492. The summed E-state index contributed by atoms with van der Waals surface area (Å²) >= 11 is 0. The summed E-state index contributed by atoms with van der Waals surface area (Å²) in [6, 6.07) is 0.0492. The van der Waals surface area contributed by atoms with Crippen molar-refractivity contribution in [2.45, 2.75) is 52.0 Å². The molecule has 3 nitrogen and oxygen atoms in total. The van der Waals surface area contributed by atoms with Gasteiger partial charge in [-0.2, -0.15) is 0 Å². The topological polar surface area (TPSA) is 54.7 Å². The van der Waals surface area contributed by atoms with Crippen molar-refractivity contribution in [3.63, 3.8) is 0 Å². The van der Waals surface area contributed by atoms with Crippen LogP contribution in [-0.2, 0) is 6.42 Å². The van der Waals surface area contributed by atoms with E-state index in [-0.39, 0.29) is 6.04 Å². The molecule has 2 unspecified atom stereocenters. The fourth-order valence-corrected chi connectivity index (χ4v) is 2.30. The third-order valence-corrected chi connectivity index (χ3v) is 3.49. The average Bonchev–Trinajstić information content (AvgIpc) is 2.74. The Kier molecular flexibility index (Phi) is 2.83. The molecule has 84 valence electrons. The van der Waals surface area contributed by atoms with Crippen LogP contribution < -0.4 is 5.73 Å². The molecule has 0 aromatic carbocycles. The normalized spacial score (nSPS) is 22.1. The number of aryl methyl sites for hydroxylation is 1. The van der Waals surface area contributed by atoms with Gasteiger partial charge < -0.3 is 10.7 Å². The lowest BCUT2D eigenvalue weighted by Crippen LogP contribution is -2.18. The number of nitrogens with two attached hydrogens (primary N) is 1. The molecule has 1 aliphatic carbocycles. The average molecular weight is 207 g/mol. The predicted octanol–water partition coefficient (Wildman–Crippen LogP) is 2.51. The van der Waals surface area contributed by atoms with E-state index in [1.807, 2.05) is 0 Å². The van der Waals surface area contributed by atoms with Crippen LogP contribution in [0.2, 0.25) is 0 Å². The maximum atomic E-state index is 6.09. The lowest BCUT2D eigenvalue weighted by Gasteiger charge is -2.13. The van der Waals surface area contributed by atoms with Crippen LogP contribution >= 0.6 is 0 Å². The van der Waals surface area contributed by atoms with Crippen molar-refractivity contribution < 1.29 is 0 Å². The fraction of sp³-hybridized carbons (Fsp3) is 0.750. The SMILES string of the molecule is CCC1CCc2[nH]c(C(N)C(C)C)nc21. The van der Waals surface area contributed by atoms with Gasteiger partial charge in [0.05, 0.1) is 11.7 Å². The summed E-state index contributed by atoms with van der Waals surface area (Å²) in [4.78, 5) is 8.09. The van der Waals surface area contributed by atoms with Crippen LogP contribution in [0.15, 0.2) is 0 Å². The Labute approximate surface area is 91.5 Å². The monoisotopic (exact) mass is 207 g/mol. The third kappa shape index (κ3) is 1.81. The first-order valence-electron chi connectivity index (χ1n) is 5.97. The zero-order chi connectivity index (χ0) is 11.0. The van der Waals surface area contributed by atoms with Gasteiger partial charge in [0.25, 0.3) is 0 Å². The van der Waals surface area contributed by atoms with E-state index in [1.165, 1.54) is 24.2 Å². The molecule has 1 aromatic heterocycles. The number of nitrogens with zero attached hydrogens (tertiary/aromatic N) is 1. The van der Waals surface area contributed by atoms with Gasteiger partial charge in [-0.05, 0) is 25.2 Å². The maximum Gasteiger partial charge on any atom is 0.123 e. The van der Waals surface area contributed by atoms with Gasteiger partial charge >= 0.3 is 0 Å². The molecule has 0 spiro atoms. The minimum Gasteiger partial charge on any atom is -0.344 e. The molecule has 0 fully saturated rings. The molecule has 0 saturated carbocycles. The summed E-state index contributed by atoms with van der Waals surface area (Å²) in [5.41, 5.74) is 8.70. The van der Waals surface area contributed by atoms with E-state index in [9.17, 15) is 0 Å². The van der Waals surface area contributed by atoms with Crippen molar-refractivity contribution in [1.82, 2.24) is 9.97 Å². The number of H-pyrrole nitrogens is 1. The van der Waals surface area contributed by atoms with E-state index >= 15 is 0 Å². The number of rotatable bonds is 3. The molecule has 2 rings (SSSR count). The van der Waals surface area contributed by atoms with Gasteiger partial charge in [-0.3, -0.25) is 0 Å². The van der Waals surface area contributed by atoms with Gasteiger partial charge in [-0.25, -0.2) is 4.98 Å². The molecular formula is C12H21N3. The van der Waals surface area contributed by atoms with E-state index in [0.29, 0.717) is 11.8 Å². The first-order chi connectivity index (χ1) is 7.13. The second-order valence-electron chi connectivity index (χ2n) is 4.90. The molecule has 15 heavy (non-hydrogen) atoms. The summed E-state index contributed by atoms with van der Waals surface area (Å²) in [6.45, 7) is 6.50. The number of imidazole rings is 1. The highest BCUT2D eigenvalue weighted by molar-refractivity contribution is 5.25. The summed E-state index contributed by atoms with van der Waals surface area (Å²) in [6.07, 6.45) is 3.59. The van der Waals surface area contributed by atoms with Gasteiger partial charge in [0.2, 0.25) is 0 Å². The number of hydrogen-bond donors (Lipinski definition) is 2. The highest BCUT2D eigenvalue weighted by Crippen LogP contribution is 2.34. The quantitative estimate of drug-likeness (QED) is 0.800. The molecule has 0 aliphatic heterocycles. The number of hydrogen-bond acceptors (Lipinski definition) is 2. The zero-order valence-corrected chi connectivity index (χ0v) is 9.88. The molecule has 0 bridgehead atoms. The van der Waals surface area contributed by atoms with Gasteiger partial charge in [-0.1, -0.05) is 20.8 Å². The lowest BCUT2D eigenvalue weighted by atomic mass is 10.0. The predicted molar refractivity (Wildman–Crippen MR) is 61.7 cm³/mol. The molecule has 1 heterocycles. The Hall–Kier alpha value is -0.830. The summed E-state index contributed by atoms with van der Waals surface area (Å²) in [5.74, 6) is 2.08. The highest BCUT2D eigenvalue weighted by atomic mass is 15.0. The molecule has 3 N–H and O–H groups in total. The van der Waals surface area contributed by atoms with Crippen LogP contribution in [0, 0.1) is 5.92 Å². The first-order valence-corrected chi connectivity index (χ1v) is 5.97. The molecule has 0 amide bonds. The first kappa shape index (κ1) is 10.7. The molecule has 3 heteroatoms. The van der Waals surface area contributed by atoms with Crippen molar-refractivity contribution in [2.75, 3.05) is 0 Å². The van der Waals surface area contributed by atoms with Gasteiger partial charge in [-0.15, -0.1) is 0 Å². The van der Waals surface area contributed by atoms with E-state index in [2.05, 4.69) is 30.7 Å². The van der Waals surface area contributed by atoms with Crippen LogP contribution in [-0.4, -0.2) is 9.97 Å².